The molecule has 0 aliphatic carbocycles. The predicted octanol–water partition coefficient (Wildman–Crippen LogP) is 2.12. The lowest BCUT2D eigenvalue weighted by molar-refractivity contribution is 0.401. The van der Waals surface area contributed by atoms with Crippen LogP contribution in [-0.4, -0.2) is 31.1 Å². The van der Waals surface area contributed by atoms with Crippen molar-refractivity contribution in [3.8, 4) is 0 Å². The molecule has 3 aromatic rings. The van der Waals surface area contributed by atoms with Gasteiger partial charge in [-0.3, -0.25) is 10.7 Å². The van der Waals surface area contributed by atoms with Crippen LogP contribution in [0.2, 0.25) is 0 Å². The van der Waals surface area contributed by atoms with Gasteiger partial charge in [0.25, 0.3) is 0 Å². The minimum atomic E-state index is -1.42. The van der Waals surface area contributed by atoms with E-state index in [-0.39, 0.29) is 5.69 Å². The van der Waals surface area contributed by atoms with Gasteiger partial charge in [-0.05, 0) is 6.07 Å². The van der Waals surface area contributed by atoms with Gasteiger partial charge >= 0.3 is 0 Å². The normalized spacial score (nSPS) is 19.8. The lowest BCUT2D eigenvalue weighted by Gasteiger charge is -2.36. The summed E-state index contributed by atoms with van der Waals surface area (Å²) in [6.07, 6.45) is 6.14. The Morgan fingerprint density at radius 2 is 2.15 bits per heavy atom. The summed E-state index contributed by atoms with van der Waals surface area (Å²) in [6, 6.07) is 2.61. The predicted molar refractivity (Wildman–Crippen MR) is 97.3 cm³/mol. The van der Waals surface area contributed by atoms with E-state index in [9.17, 15) is 8.78 Å². The van der Waals surface area contributed by atoms with Crippen molar-refractivity contribution < 1.29 is 8.78 Å². The lowest BCUT2D eigenvalue weighted by Crippen LogP contribution is -2.54. The molecule has 0 bridgehead atoms. The maximum absolute atomic E-state index is 14.2. The molecule has 0 amide bonds. The number of amidine groups is 1. The molecule has 0 saturated carbocycles. The van der Waals surface area contributed by atoms with Gasteiger partial charge in [0.2, 0.25) is 0 Å². The fraction of sp³-hybridized carbons (Fsp3) is 0.235. The monoisotopic (exact) mass is 372 g/mol. The summed E-state index contributed by atoms with van der Waals surface area (Å²) in [5.74, 6) is -1.96. The van der Waals surface area contributed by atoms with E-state index in [1.165, 1.54) is 0 Å². The van der Waals surface area contributed by atoms with Gasteiger partial charge in [0.05, 0.1) is 29.7 Å². The first-order chi connectivity index (χ1) is 12.9. The van der Waals surface area contributed by atoms with E-state index < -0.39 is 23.3 Å². The maximum atomic E-state index is 14.2. The lowest BCUT2D eigenvalue weighted by atomic mass is 9.96. The van der Waals surface area contributed by atoms with Crippen LogP contribution in [0.25, 0.3) is 0 Å². The number of aryl methyl sites for hydroxylation is 1. The molecular weight excluding hydrogens is 354 g/mol. The second kappa shape index (κ2) is 6.16. The van der Waals surface area contributed by atoms with Gasteiger partial charge in [-0.25, -0.2) is 18.8 Å². The molecule has 0 saturated heterocycles. The number of hydrogen-bond acceptors (Lipinski definition) is 6. The van der Waals surface area contributed by atoms with Crippen LogP contribution in [0, 0.1) is 11.6 Å². The maximum Gasteiger partial charge on any atom is 0.194 e. The zero-order valence-electron chi connectivity index (χ0n) is 14.7. The topological polar surface area (TPSA) is 109 Å². The Kier molecular flexibility index (Phi) is 3.92. The number of halogens is 2. The molecule has 10 heteroatoms. The van der Waals surface area contributed by atoms with Gasteiger partial charge < -0.3 is 20.2 Å². The number of nitrogens with two attached hydrogens (primary N) is 1. The largest absolute Gasteiger partial charge is 0.348 e. The Labute approximate surface area is 153 Å². The summed E-state index contributed by atoms with van der Waals surface area (Å²) in [4.78, 5) is 15.7. The second-order valence-corrected chi connectivity index (χ2v) is 6.47. The number of rotatable bonds is 3. The number of aliphatic imine (C=N–C) groups is 1. The summed E-state index contributed by atoms with van der Waals surface area (Å²) in [5.41, 5.74) is 7.26. The van der Waals surface area contributed by atoms with E-state index in [0.29, 0.717) is 17.5 Å². The average Bonchev–Trinajstić information content (AvgIpc) is 3.23. The van der Waals surface area contributed by atoms with E-state index in [2.05, 4.69) is 30.6 Å². The number of pyridine rings is 1. The highest BCUT2D eigenvalue weighted by Gasteiger charge is 2.40. The molecule has 0 aromatic carbocycles. The van der Waals surface area contributed by atoms with Crippen LogP contribution in [-0.2, 0) is 7.05 Å². The third-order valence-electron chi connectivity index (χ3n) is 4.48. The van der Waals surface area contributed by atoms with E-state index in [1.54, 1.807) is 30.2 Å². The summed E-state index contributed by atoms with van der Waals surface area (Å²) in [6.45, 7) is 1.67. The third-order valence-corrected chi connectivity index (χ3v) is 4.48. The van der Waals surface area contributed by atoms with E-state index in [0.717, 1.165) is 17.8 Å². The highest BCUT2D eigenvalue weighted by molar-refractivity contribution is 6.12. The van der Waals surface area contributed by atoms with Crippen molar-refractivity contribution in [2.45, 2.75) is 18.6 Å². The van der Waals surface area contributed by atoms with Gasteiger partial charge in [0.1, 0.15) is 29.1 Å². The minimum Gasteiger partial charge on any atom is -0.348 e. The fourth-order valence-electron chi connectivity index (χ4n) is 2.99. The standard InChI is InChI=1S/C17H18F2N8/c1-9(14-12(19)5-10(18)6-22-14)17(20)25-15-11(3-4-21-15)16(26-17)24-13-7-27(2)8-23-13/h3-9,21,25H,20H2,1-2H3,(H,24,26). The average molecular weight is 372 g/mol. The van der Waals surface area contributed by atoms with Crippen LogP contribution in [0.4, 0.5) is 20.4 Å². The van der Waals surface area contributed by atoms with Gasteiger partial charge in [0.15, 0.2) is 5.79 Å². The van der Waals surface area contributed by atoms with Gasteiger partial charge in [0, 0.05) is 25.5 Å². The van der Waals surface area contributed by atoms with Crippen LogP contribution in [0.1, 0.15) is 24.1 Å². The van der Waals surface area contributed by atoms with Crippen LogP contribution in [0.5, 0.6) is 0 Å². The molecule has 4 rings (SSSR count). The number of aromatic amines is 1. The van der Waals surface area contributed by atoms with Crippen molar-refractivity contribution >= 4 is 17.5 Å². The van der Waals surface area contributed by atoms with Crippen LogP contribution >= 0.6 is 0 Å². The molecule has 4 heterocycles. The number of nitrogens with one attached hydrogen (secondary N) is 3. The number of fused-ring (bicyclic) bond motifs is 1. The molecule has 0 fully saturated rings. The Bertz CT molecular complexity index is 1020. The first-order valence-electron chi connectivity index (χ1n) is 8.26. The summed E-state index contributed by atoms with van der Waals surface area (Å²) < 4.78 is 29.2. The number of aromatic nitrogens is 4. The number of imidazole rings is 1. The summed E-state index contributed by atoms with van der Waals surface area (Å²) in [5, 5.41) is 6.22. The van der Waals surface area contributed by atoms with Gasteiger partial charge in [-0.2, -0.15) is 0 Å². The Morgan fingerprint density at radius 3 is 2.85 bits per heavy atom. The molecule has 0 radical (unpaired) electrons. The molecule has 140 valence electrons. The number of H-pyrrole nitrogens is 1. The summed E-state index contributed by atoms with van der Waals surface area (Å²) in [7, 11) is 1.85. The molecule has 5 N–H and O–H groups in total. The van der Waals surface area contributed by atoms with Crippen molar-refractivity contribution in [1.29, 1.82) is 0 Å². The quantitative estimate of drug-likeness (QED) is 0.563. The molecule has 0 spiro atoms. The molecule has 2 atom stereocenters. The molecule has 2 unspecified atom stereocenters. The SMILES string of the molecule is CC(c1ncc(F)cc1F)C1(N)N=C(Nc2cn(C)cn2)c2cc[nH]c2N1. The highest BCUT2D eigenvalue weighted by atomic mass is 19.1. The van der Waals surface area contributed by atoms with Gasteiger partial charge in [-0.1, -0.05) is 6.92 Å². The number of anilines is 2. The molecule has 8 nitrogen and oxygen atoms in total. The molecule has 27 heavy (non-hydrogen) atoms. The van der Waals surface area contributed by atoms with E-state index in [4.69, 9.17) is 5.73 Å². The third kappa shape index (κ3) is 3.04. The zero-order valence-corrected chi connectivity index (χ0v) is 14.7. The zero-order chi connectivity index (χ0) is 19.2. The van der Waals surface area contributed by atoms with E-state index >= 15 is 0 Å². The Balaban J connectivity index is 1.74. The molecule has 1 aliphatic rings. The molecular formula is C17H18F2N8. The Morgan fingerprint density at radius 1 is 1.33 bits per heavy atom. The number of hydrogen-bond donors (Lipinski definition) is 4. The highest BCUT2D eigenvalue weighted by Crippen LogP contribution is 2.34. The summed E-state index contributed by atoms with van der Waals surface area (Å²) >= 11 is 0. The smallest absolute Gasteiger partial charge is 0.194 e. The van der Waals surface area contributed by atoms with Crippen molar-refractivity contribution in [2.24, 2.45) is 17.8 Å². The van der Waals surface area contributed by atoms with Gasteiger partial charge in [-0.15, -0.1) is 0 Å². The second-order valence-electron chi connectivity index (χ2n) is 6.47. The van der Waals surface area contributed by atoms with Crippen LogP contribution in [0.3, 0.4) is 0 Å². The number of nitrogens with zero attached hydrogens (tertiary/aromatic N) is 4. The van der Waals surface area contributed by atoms with Crippen molar-refractivity contribution in [3.05, 3.63) is 59.9 Å². The van der Waals surface area contributed by atoms with Crippen molar-refractivity contribution in [2.75, 3.05) is 10.6 Å². The van der Waals surface area contributed by atoms with E-state index in [1.807, 2.05) is 13.1 Å². The fourth-order valence-corrected chi connectivity index (χ4v) is 2.99. The Hall–Kier alpha value is -3.27. The first kappa shape index (κ1) is 17.2. The van der Waals surface area contributed by atoms with Crippen LogP contribution in [0.15, 0.2) is 42.0 Å². The van der Waals surface area contributed by atoms with Crippen LogP contribution < -0.4 is 16.4 Å². The molecule has 3 aromatic heterocycles. The van der Waals surface area contributed by atoms with Crippen molar-refractivity contribution in [1.82, 2.24) is 19.5 Å². The van der Waals surface area contributed by atoms with Crippen molar-refractivity contribution in [3.63, 3.8) is 0 Å². The first-order valence-corrected chi connectivity index (χ1v) is 8.26. The molecule has 1 aliphatic heterocycles. The minimum absolute atomic E-state index is 0.0161.